The molecule has 0 spiro atoms. The van der Waals surface area contributed by atoms with E-state index >= 15 is 0 Å². The van der Waals surface area contributed by atoms with Gasteiger partial charge in [-0.1, -0.05) is 13.8 Å². The predicted octanol–water partition coefficient (Wildman–Crippen LogP) is 1.03. The van der Waals surface area contributed by atoms with E-state index in [1.165, 1.54) is 4.90 Å². The molecule has 0 saturated carbocycles. The van der Waals surface area contributed by atoms with Gasteiger partial charge in [0.2, 0.25) is 17.7 Å². The van der Waals surface area contributed by atoms with Gasteiger partial charge in [-0.25, -0.2) is 0 Å². The van der Waals surface area contributed by atoms with Crippen molar-refractivity contribution < 1.29 is 14.4 Å². The zero-order valence-electron chi connectivity index (χ0n) is 11.7. The molecule has 0 aromatic heterocycles. The molecular weight excluding hydrogens is 232 g/mol. The summed E-state index contributed by atoms with van der Waals surface area (Å²) in [7, 11) is 3.23. The van der Waals surface area contributed by atoms with Crippen molar-refractivity contribution in [2.75, 3.05) is 20.6 Å². The fraction of sp³-hybridized carbons (Fsp3) is 0.769. The lowest BCUT2D eigenvalue weighted by Crippen LogP contribution is -2.50. The Labute approximate surface area is 108 Å². The Kier molecular flexibility index (Phi) is 4.48. The van der Waals surface area contributed by atoms with Gasteiger partial charge in [0.25, 0.3) is 0 Å². The molecule has 102 valence electrons. The van der Waals surface area contributed by atoms with Gasteiger partial charge in [-0.3, -0.25) is 19.3 Å². The monoisotopic (exact) mass is 254 g/mol. The van der Waals surface area contributed by atoms with Gasteiger partial charge in [0, 0.05) is 26.9 Å². The first-order chi connectivity index (χ1) is 8.35. The zero-order valence-corrected chi connectivity index (χ0v) is 11.7. The molecule has 1 fully saturated rings. The quantitative estimate of drug-likeness (QED) is 0.704. The first-order valence-corrected chi connectivity index (χ1v) is 6.38. The summed E-state index contributed by atoms with van der Waals surface area (Å²) in [4.78, 5) is 38.1. The van der Waals surface area contributed by atoms with Crippen molar-refractivity contribution in [2.24, 2.45) is 5.41 Å². The standard InChI is InChI=1S/C13H22N2O3/c1-5-13(6-2)7-10(16)15(11(17)8-13)9-12(18)14(3)4/h5-9H2,1-4H3. The Bertz CT molecular complexity index is 339. The maximum absolute atomic E-state index is 12.0. The van der Waals surface area contributed by atoms with E-state index in [0.717, 1.165) is 17.7 Å². The number of rotatable bonds is 4. The second-order valence-corrected chi connectivity index (χ2v) is 5.22. The lowest BCUT2D eigenvalue weighted by atomic mass is 9.73. The fourth-order valence-electron chi connectivity index (χ4n) is 2.24. The minimum absolute atomic E-state index is 0.131. The van der Waals surface area contributed by atoms with E-state index in [1.807, 2.05) is 13.8 Å². The third kappa shape index (κ3) is 2.89. The van der Waals surface area contributed by atoms with Crippen LogP contribution < -0.4 is 0 Å². The van der Waals surface area contributed by atoms with Gasteiger partial charge in [-0.2, -0.15) is 0 Å². The van der Waals surface area contributed by atoms with E-state index in [1.54, 1.807) is 14.1 Å². The second-order valence-electron chi connectivity index (χ2n) is 5.22. The maximum Gasteiger partial charge on any atom is 0.242 e. The number of hydrogen-bond donors (Lipinski definition) is 0. The summed E-state index contributed by atoms with van der Waals surface area (Å²) in [6.07, 6.45) is 2.37. The van der Waals surface area contributed by atoms with Crippen LogP contribution in [0.5, 0.6) is 0 Å². The molecule has 18 heavy (non-hydrogen) atoms. The molecule has 0 aromatic carbocycles. The van der Waals surface area contributed by atoms with Crippen molar-refractivity contribution in [2.45, 2.75) is 39.5 Å². The van der Waals surface area contributed by atoms with Crippen molar-refractivity contribution in [1.82, 2.24) is 9.80 Å². The van der Waals surface area contributed by atoms with Gasteiger partial charge in [0.15, 0.2) is 0 Å². The molecule has 1 aliphatic heterocycles. The first kappa shape index (κ1) is 14.7. The Morgan fingerprint density at radius 3 is 1.94 bits per heavy atom. The third-order valence-electron chi connectivity index (χ3n) is 3.95. The third-order valence-corrected chi connectivity index (χ3v) is 3.95. The Morgan fingerprint density at radius 2 is 1.61 bits per heavy atom. The first-order valence-electron chi connectivity index (χ1n) is 6.38. The molecule has 0 radical (unpaired) electrons. The summed E-state index contributed by atoms with van der Waals surface area (Å²) < 4.78 is 0. The van der Waals surface area contributed by atoms with Crippen molar-refractivity contribution >= 4 is 17.7 Å². The highest BCUT2D eigenvalue weighted by molar-refractivity contribution is 6.01. The Balaban J connectivity index is 2.79. The van der Waals surface area contributed by atoms with Crippen LogP contribution >= 0.6 is 0 Å². The SMILES string of the molecule is CCC1(CC)CC(=O)N(CC(=O)N(C)C)C(=O)C1. The average molecular weight is 254 g/mol. The van der Waals surface area contributed by atoms with Crippen molar-refractivity contribution in [1.29, 1.82) is 0 Å². The molecule has 3 amide bonds. The van der Waals surface area contributed by atoms with Crippen LogP contribution in [0.4, 0.5) is 0 Å². The predicted molar refractivity (Wildman–Crippen MR) is 67.7 cm³/mol. The van der Waals surface area contributed by atoms with Crippen LogP contribution in [-0.4, -0.2) is 48.2 Å². The molecule has 0 aliphatic carbocycles. The zero-order chi connectivity index (χ0) is 13.9. The highest BCUT2D eigenvalue weighted by Crippen LogP contribution is 2.38. The molecule has 5 nitrogen and oxygen atoms in total. The van der Waals surface area contributed by atoms with E-state index in [9.17, 15) is 14.4 Å². The lowest BCUT2D eigenvalue weighted by Gasteiger charge is -2.38. The average Bonchev–Trinajstić information content (AvgIpc) is 2.33. The number of piperidine rings is 1. The topological polar surface area (TPSA) is 57.7 Å². The highest BCUT2D eigenvalue weighted by atomic mass is 16.2. The van der Waals surface area contributed by atoms with E-state index < -0.39 is 0 Å². The maximum atomic E-state index is 12.0. The van der Waals surface area contributed by atoms with Crippen LogP contribution in [0.25, 0.3) is 0 Å². The Morgan fingerprint density at radius 1 is 1.17 bits per heavy atom. The van der Waals surface area contributed by atoms with Gasteiger partial charge in [0.05, 0.1) is 0 Å². The van der Waals surface area contributed by atoms with Gasteiger partial charge >= 0.3 is 0 Å². The summed E-state index contributed by atoms with van der Waals surface area (Å²) in [5.74, 6) is -0.660. The highest BCUT2D eigenvalue weighted by Gasteiger charge is 2.41. The van der Waals surface area contributed by atoms with Crippen molar-refractivity contribution in [3.8, 4) is 0 Å². The van der Waals surface area contributed by atoms with Gasteiger partial charge in [-0.05, 0) is 18.3 Å². The Hall–Kier alpha value is -1.39. The largest absolute Gasteiger partial charge is 0.347 e. The summed E-state index contributed by atoms with van der Waals surface area (Å²) in [5, 5.41) is 0. The van der Waals surface area contributed by atoms with E-state index in [4.69, 9.17) is 0 Å². The van der Waals surface area contributed by atoms with Gasteiger partial charge < -0.3 is 4.90 Å². The fourth-order valence-corrected chi connectivity index (χ4v) is 2.24. The summed E-state index contributed by atoms with van der Waals surface area (Å²) in [5.41, 5.74) is -0.203. The van der Waals surface area contributed by atoms with E-state index in [0.29, 0.717) is 12.8 Å². The minimum Gasteiger partial charge on any atom is -0.347 e. The van der Waals surface area contributed by atoms with Crippen LogP contribution in [0, 0.1) is 5.41 Å². The lowest BCUT2D eigenvalue weighted by molar-refractivity contribution is -0.157. The number of likely N-dealkylation sites (N-methyl/N-ethyl adjacent to an activating group) is 1. The molecular formula is C13H22N2O3. The minimum atomic E-state index is -0.225. The smallest absolute Gasteiger partial charge is 0.242 e. The molecule has 0 unspecified atom stereocenters. The molecule has 0 bridgehead atoms. The number of carbonyl (C=O) groups is 3. The molecule has 0 aromatic rings. The van der Waals surface area contributed by atoms with Crippen LogP contribution in [0.15, 0.2) is 0 Å². The van der Waals surface area contributed by atoms with Crippen molar-refractivity contribution in [3.05, 3.63) is 0 Å². The number of nitrogens with zero attached hydrogens (tertiary/aromatic N) is 2. The van der Waals surface area contributed by atoms with Crippen LogP contribution in [-0.2, 0) is 14.4 Å². The molecule has 5 heteroatoms. The summed E-state index contributed by atoms with van der Waals surface area (Å²) >= 11 is 0. The molecule has 0 N–H and O–H groups in total. The molecule has 0 atom stereocenters. The van der Waals surface area contributed by atoms with Gasteiger partial charge in [0.1, 0.15) is 6.54 Å². The number of amides is 3. The number of imide groups is 1. The number of hydrogen-bond acceptors (Lipinski definition) is 3. The number of carbonyl (C=O) groups excluding carboxylic acids is 3. The van der Waals surface area contributed by atoms with Gasteiger partial charge in [-0.15, -0.1) is 0 Å². The number of likely N-dealkylation sites (tertiary alicyclic amines) is 1. The van der Waals surface area contributed by atoms with Crippen LogP contribution in [0.1, 0.15) is 39.5 Å². The molecule has 1 aliphatic rings. The molecule has 1 heterocycles. The normalized spacial score (nSPS) is 19.0. The van der Waals surface area contributed by atoms with Crippen molar-refractivity contribution in [3.63, 3.8) is 0 Å². The molecule has 1 rings (SSSR count). The molecule has 1 saturated heterocycles. The summed E-state index contributed by atoms with van der Waals surface area (Å²) in [6, 6.07) is 0. The van der Waals surface area contributed by atoms with E-state index in [2.05, 4.69) is 0 Å². The second kappa shape index (κ2) is 5.50. The summed E-state index contributed by atoms with van der Waals surface area (Å²) in [6.45, 7) is 3.88. The van der Waals surface area contributed by atoms with Crippen LogP contribution in [0.2, 0.25) is 0 Å². The van der Waals surface area contributed by atoms with E-state index in [-0.39, 0.29) is 29.7 Å². The van der Waals surface area contributed by atoms with Crippen LogP contribution in [0.3, 0.4) is 0 Å².